The van der Waals surface area contributed by atoms with Gasteiger partial charge in [-0.05, 0) is 6.42 Å². The molecule has 0 unspecified atom stereocenters. The SMILES string of the molecule is O=P(O)(O)[S+]1SCCCS1. The molecule has 3 nitrogen and oxygen atoms in total. The lowest BCUT2D eigenvalue weighted by molar-refractivity contribution is 0.397. The summed E-state index contributed by atoms with van der Waals surface area (Å²) in [6.45, 7) is -3.79. The van der Waals surface area contributed by atoms with Crippen LogP contribution in [0.1, 0.15) is 6.42 Å². The molecular weight excluding hydrogens is 211 g/mol. The molecule has 7 heteroatoms. The molecule has 1 heterocycles. The van der Waals surface area contributed by atoms with Crippen molar-refractivity contribution in [3.63, 3.8) is 0 Å². The molecule has 0 spiro atoms. The first-order valence-electron chi connectivity index (χ1n) is 2.68. The summed E-state index contributed by atoms with van der Waals surface area (Å²) in [5.74, 6) is 1.78. The van der Waals surface area contributed by atoms with Gasteiger partial charge >= 0.3 is 6.80 Å². The molecule has 1 fully saturated rings. The van der Waals surface area contributed by atoms with Crippen molar-refractivity contribution in [1.82, 2.24) is 0 Å². The van der Waals surface area contributed by atoms with Crippen LogP contribution in [0.15, 0.2) is 0 Å². The molecule has 0 aromatic rings. The summed E-state index contributed by atoms with van der Waals surface area (Å²) >= 11 is 0. The first-order chi connectivity index (χ1) is 4.61. The summed E-state index contributed by atoms with van der Waals surface area (Å²) in [4.78, 5) is 17.4. The second-order valence-electron chi connectivity index (χ2n) is 1.71. The van der Waals surface area contributed by atoms with Crippen LogP contribution in [0, 0.1) is 0 Å². The van der Waals surface area contributed by atoms with E-state index in [4.69, 9.17) is 9.79 Å². The fraction of sp³-hybridized carbons (Fsp3) is 1.00. The van der Waals surface area contributed by atoms with Gasteiger partial charge in [0.15, 0.2) is 0 Å². The highest BCUT2D eigenvalue weighted by Gasteiger charge is 2.45. The molecule has 1 aliphatic heterocycles. The van der Waals surface area contributed by atoms with Crippen molar-refractivity contribution < 1.29 is 14.4 Å². The fourth-order valence-electron chi connectivity index (χ4n) is 0.491. The molecule has 0 bridgehead atoms. The van der Waals surface area contributed by atoms with Crippen molar-refractivity contribution in [1.29, 1.82) is 0 Å². The van der Waals surface area contributed by atoms with E-state index in [1.165, 1.54) is 21.6 Å². The van der Waals surface area contributed by atoms with Crippen LogP contribution in [0.5, 0.6) is 0 Å². The van der Waals surface area contributed by atoms with Gasteiger partial charge in [-0.15, -0.1) is 0 Å². The average molecular weight is 219 g/mol. The Bertz CT molecular complexity index is 151. The summed E-state index contributed by atoms with van der Waals surface area (Å²) in [6, 6.07) is 0. The first kappa shape index (κ1) is 9.29. The predicted molar refractivity (Wildman–Crippen MR) is 48.9 cm³/mol. The Labute approximate surface area is 69.4 Å². The highest BCUT2D eigenvalue weighted by molar-refractivity contribution is 9.23. The van der Waals surface area contributed by atoms with E-state index in [9.17, 15) is 4.57 Å². The maximum Gasteiger partial charge on any atom is 0.561 e. The molecule has 0 radical (unpaired) electrons. The molecule has 0 amide bonds. The predicted octanol–water partition coefficient (Wildman–Crippen LogP) is 1.40. The van der Waals surface area contributed by atoms with Gasteiger partial charge in [-0.25, -0.2) is 4.57 Å². The quantitative estimate of drug-likeness (QED) is 0.396. The zero-order valence-corrected chi connectivity index (χ0v) is 8.44. The van der Waals surface area contributed by atoms with Crippen LogP contribution >= 0.6 is 28.4 Å². The highest BCUT2D eigenvalue weighted by Crippen LogP contribution is 2.59. The lowest BCUT2D eigenvalue weighted by Crippen LogP contribution is -2.01. The molecular formula is C3H8O3PS3+. The van der Waals surface area contributed by atoms with E-state index in [2.05, 4.69) is 0 Å². The van der Waals surface area contributed by atoms with E-state index in [0.29, 0.717) is 0 Å². The molecule has 1 saturated heterocycles. The normalized spacial score (nSPS) is 23.0. The Morgan fingerprint density at radius 3 is 2.10 bits per heavy atom. The van der Waals surface area contributed by atoms with Crippen molar-refractivity contribution in [2.45, 2.75) is 6.42 Å². The van der Waals surface area contributed by atoms with Crippen LogP contribution in [0.25, 0.3) is 0 Å². The monoisotopic (exact) mass is 219 g/mol. The summed E-state index contributed by atoms with van der Waals surface area (Å²) < 4.78 is 10.7. The third kappa shape index (κ3) is 2.68. The van der Waals surface area contributed by atoms with Crippen molar-refractivity contribution in [3.8, 4) is 0 Å². The Balaban J connectivity index is 2.47. The molecule has 0 aliphatic carbocycles. The molecule has 0 aromatic heterocycles. The van der Waals surface area contributed by atoms with Gasteiger partial charge < -0.3 is 0 Å². The van der Waals surface area contributed by atoms with Crippen LogP contribution in [0.4, 0.5) is 0 Å². The molecule has 1 rings (SSSR count). The van der Waals surface area contributed by atoms with Gasteiger partial charge in [0, 0.05) is 11.5 Å². The second-order valence-corrected chi connectivity index (χ2v) is 12.5. The summed E-state index contributed by atoms with van der Waals surface area (Å²) in [5, 5.41) is 0. The van der Waals surface area contributed by atoms with Crippen molar-refractivity contribution in [2.75, 3.05) is 11.5 Å². The second kappa shape index (κ2) is 3.74. The van der Waals surface area contributed by atoms with Gasteiger partial charge in [0.05, 0.1) is 0 Å². The maximum atomic E-state index is 10.7. The minimum absolute atomic E-state index is 0.762. The van der Waals surface area contributed by atoms with Gasteiger partial charge in [0.1, 0.15) is 21.6 Å². The average Bonchev–Trinajstić information content (AvgIpc) is 1.88. The summed E-state index contributed by atoms with van der Waals surface area (Å²) in [5.41, 5.74) is 0. The van der Waals surface area contributed by atoms with E-state index in [1.54, 1.807) is 0 Å². The minimum atomic E-state index is -3.79. The molecule has 2 N–H and O–H groups in total. The molecule has 1 aliphatic rings. The smallest absolute Gasteiger partial charge is 0.283 e. The topological polar surface area (TPSA) is 57.5 Å². The van der Waals surface area contributed by atoms with Gasteiger partial charge in [-0.2, -0.15) is 0 Å². The van der Waals surface area contributed by atoms with E-state index in [-0.39, 0.29) is 0 Å². The van der Waals surface area contributed by atoms with Crippen LogP contribution in [0.2, 0.25) is 0 Å². The molecule has 60 valence electrons. The largest absolute Gasteiger partial charge is 0.561 e. The maximum absolute atomic E-state index is 10.7. The number of rotatable bonds is 1. The zero-order chi connectivity index (χ0) is 7.61. The van der Waals surface area contributed by atoms with Gasteiger partial charge in [-0.3, -0.25) is 9.79 Å². The van der Waals surface area contributed by atoms with Gasteiger partial charge in [-0.1, -0.05) is 0 Å². The van der Waals surface area contributed by atoms with E-state index in [0.717, 1.165) is 17.9 Å². The first-order valence-corrected chi connectivity index (χ1v) is 9.12. The van der Waals surface area contributed by atoms with Crippen molar-refractivity contribution >= 4 is 37.0 Å². The number of hydrogen-bond acceptors (Lipinski definition) is 3. The lowest BCUT2D eigenvalue weighted by Gasteiger charge is -2.08. The molecule has 0 atom stereocenters. The molecule has 0 saturated carbocycles. The number of hydrogen-bond donors (Lipinski definition) is 2. The fourth-order valence-corrected chi connectivity index (χ4v) is 10.1. The lowest BCUT2D eigenvalue weighted by atomic mass is 10.6. The van der Waals surface area contributed by atoms with E-state index >= 15 is 0 Å². The van der Waals surface area contributed by atoms with Crippen molar-refractivity contribution in [3.05, 3.63) is 0 Å². The van der Waals surface area contributed by atoms with Crippen molar-refractivity contribution in [2.24, 2.45) is 0 Å². The van der Waals surface area contributed by atoms with Crippen LogP contribution in [-0.4, -0.2) is 21.3 Å². The van der Waals surface area contributed by atoms with E-state index < -0.39 is 15.4 Å². The Kier molecular flexibility index (Phi) is 3.47. The zero-order valence-electron chi connectivity index (χ0n) is 5.10. The Morgan fingerprint density at radius 2 is 1.80 bits per heavy atom. The third-order valence-electron chi connectivity index (χ3n) is 0.851. The molecule has 10 heavy (non-hydrogen) atoms. The Hall–Kier alpha value is 1.20. The van der Waals surface area contributed by atoms with E-state index in [1.807, 2.05) is 0 Å². The van der Waals surface area contributed by atoms with Gasteiger partial charge in [0.25, 0.3) is 0 Å². The standard InChI is InChI=1S/C3H7O3PS3/c4-7(5,6)10-8-2-1-3-9-10/h1-3H2,(H-,4,5,6)/p+1. The van der Waals surface area contributed by atoms with Crippen LogP contribution in [0.3, 0.4) is 0 Å². The minimum Gasteiger partial charge on any atom is -0.283 e. The third-order valence-corrected chi connectivity index (χ3v) is 13.1. The highest BCUT2D eigenvalue weighted by atomic mass is 33.7. The summed E-state index contributed by atoms with van der Waals surface area (Å²) in [6.07, 6.45) is 1.07. The Morgan fingerprint density at radius 1 is 1.30 bits per heavy atom. The molecule has 0 aromatic carbocycles. The van der Waals surface area contributed by atoms with Gasteiger partial charge in [0.2, 0.25) is 8.58 Å². The summed E-state index contributed by atoms with van der Waals surface area (Å²) in [7, 11) is 2.03. The van der Waals surface area contributed by atoms with Crippen LogP contribution < -0.4 is 0 Å². The van der Waals surface area contributed by atoms with Crippen LogP contribution in [-0.2, 0) is 13.1 Å².